The maximum absolute atomic E-state index is 13.5. The first-order valence-electron chi connectivity index (χ1n) is 7.25. The van der Waals surface area contributed by atoms with Crippen molar-refractivity contribution in [1.29, 1.82) is 0 Å². The SMILES string of the molecule is CCN(CC(=O)Nc1c(F)cccc1F)C(=O)/C=C/c1ccco1. The van der Waals surface area contributed by atoms with Crippen molar-refractivity contribution < 1.29 is 22.8 Å². The van der Waals surface area contributed by atoms with Crippen molar-refractivity contribution in [2.45, 2.75) is 6.92 Å². The molecule has 0 saturated heterocycles. The average molecular weight is 334 g/mol. The largest absolute Gasteiger partial charge is 0.465 e. The van der Waals surface area contributed by atoms with Crippen LogP contribution in [0.25, 0.3) is 6.08 Å². The van der Waals surface area contributed by atoms with E-state index in [9.17, 15) is 18.4 Å². The molecule has 0 spiro atoms. The number of nitrogens with zero attached hydrogens (tertiary/aromatic N) is 1. The van der Waals surface area contributed by atoms with Gasteiger partial charge in [0.2, 0.25) is 11.8 Å². The number of benzene rings is 1. The van der Waals surface area contributed by atoms with Gasteiger partial charge in [-0.15, -0.1) is 0 Å². The van der Waals surface area contributed by atoms with Crippen molar-refractivity contribution in [2.75, 3.05) is 18.4 Å². The van der Waals surface area contributed by atoms with Crippen LogP contribution < -0.4 is 5.32 Å². The Morgan fingerprint density at radius 3 is 2.50 bits per heavy atom. The van der Waals surface area contributed by atoms with Gasteiger partial charge in [0.15, 0.2) is 0 Å². The van der Waals surface area contributed by atoms with Gasteiger partial charge in [-0.05, 0) is 37.3 Å². The summed E-state index contributed by atoms with van der Waals surface area (Å²) in [4.78, 5) is 25.2. The quantitative estimate of drug-likeness (QED) is 0.826. The van der Waals surface area contributed by atoms with Gasteiger partial charge in [-0.1, -0.05) is 6.07 Å². The summed E-state index contributed by atoms with van der Waals surface area (Å²) in [7, 11) is 0. The zero-order valence-corrected chi connectivity index (χ0v) is 13.0. The summed E-state index contributed by atoms with van der Waals surface area (Å²) >= 11 is 0. The summed E-state index contributed by atoms with van der Waals surface area (Å²) in [6, 6.07) is 6.62. The average Bonchev–Trinajstić information content (AvgIpc) is 3.07. The number of rotatable bonds is 6. The highest BCUT2D eigenvalue weighted by Crippen LogP contribution is 2.17. The van der Waals surface area contributed by atoms with E-state index < -0.39 is 29.1 Å². The summed E-state index contributed by atoms with van der Waals surface area (Å²) in [5, 5.41) is 2.14. The van der Waals surface area contributed by atoms with Crippen molar-refractivity contribution in [1.82, 2.24) is 4.90 Å². The lowest BCUT2D eigenvalue weighted by Gasteiger charge is -2.18. The Labute approximate surface area is 137 Å². The van der Waals surface area contributed by atoms with Gasteiger partial charge in [0.1, 0.15) is 29.6 Å². The molecule has 24 heavy (non-hydrogen) atoms. The van der Waals surface area contributed by atoms with Crippen molar-refractivity contribution >= 4 is 23.6 Å². The number of carbonyl (C=O) groups excluding carboxylic acids is 2. The van der Waals surface area contributed by atoms with Gasteiger partial charge in [0.05, 0.1) is 6.26 Å². The molecule has 7 heteroatoms. The van der Waals surface area contributed by atoms with E-state index in [0.717, 1.165) is 12.1 Å². The number of furan rings is 1. The first-order chi connectivity index (χ1) is 11.5. The number of carbonyl (C=O) groups is 2. The Balaban J connectivity index is 1.99. The van der Waals surface area contributed by atoms with Gasteiger partial charge in [0, 0.05) is 12.6 Å². The number of amides is 2. The summed E-state index contributed by atoms with van der Waals surface area (Å²) < 4.78 is 32.1. The fourth-order valence-corrected chi connectivity index (χ4v) is 1.96. The van der Waals surface area contributed by atoms with E-state index in [1.807, 2.05) is 0 Å². The zero-order chi connectivity index (χ0) is 17.5. The van der Waals surface area contributed by atoms with Crippen LogP contribution in [0.15, 0.2) is 47.1 Å². The van der Waals surface area contributed by atoms with Crippen LogP contribution in [0.3, 0.4) is 0 Å². The smallest absolute Gasteiger partial charge is 0.247 e. The molecule has 0 bridgehead atoms. The van der Waals surface area contributed by atoms with E-state index in [0.29, 0.717) is 5.76 Å². The molecule has 2 rings (SSSR count). The number of anilines is 1. The maximum Gasteiger partial charge on any atom is 0.247 e. The van der Waals surface area contributed by atoms with Crippen LogP contribution in [-0.2, 0) is 9.59 Å². The number of likely N-dealkylation sites (N-methyl/N-ethyl adjacent to an activating group) is 1. The van der Waals surface area contributed by atoms with Crippen molar-refractivity contribution in [2.24, 2.45) is 0 Å². The Morgan fingerprint density at radius 1 is 1.21 bits per heavy atom. The second-order valence-electron chi connectivity index (χ2n) is 4.85. The molecule has 1 aromatic carbocycles. The normalized spacial score (nSPS) is 10.8. The van der Waals surface area contributed by atoms with Gasteiger partial charge in [-0.25, -0.2) is 8.78 Å². The summed E-state index contributed by atoms with van der Waals surface area (Å²) in [5.41, 5.74) is -0.530. The minimum atomic E-state index is -0.879. The molecule has 2 amide bonds. The van der Waals surface area contributed by atoms with Gasteiger partial charge in [-0.3, -0.25) is 9.59 Å². The lowest BCUT2D eigenvalue weighted by Crippen LogP contribution is -2.37. The molecule has 126 valence electrons. The Kier molecular flexibility index (Phi) is 5.83. The summed E-state index contributed by atoms with van der Waals surface area (Å²) in [6.45, 7) is 1.62. The number of nitrogens with one attached hydrogen (secondary N) is 1. The lowest BCUT2D eigenvalue weighted by molar-refractivity contribution is -0.130. The predicted octanol–water partition coefficient (Wildman–Crippen LogP) is 3.06. The molecule has 2 aromatic rings. The highest BCUT2D eigenvalue weighted by molar-refractivity contribution is 5.98. The highest BCUT2D eigenvalue weighted by Gasteiger charge is 2.16. The minimum Gasteiger partial charge on any atom is -0.465 e. The van der Waals surface area contributed by atoms with E-state index in [2.05, 4.69) is 5.32 Å². The molecule has 0 atom stereocenters. The van der Waals surface area contributed by atoms with Crippen LogP contribution in [0.4, 0.5) is 14.5 Å². The Morgan fingerprint density at radius 2 is 1.92 bits per heavy atom. The monoisotopic (exact) mass is 334 g/mol. The Hall–Kier alpha value is -2.96. The molecular formula is C17H16F2N2O3. The van der Waals surface area contributed by atoms with Crippen molar-refractivity contribution in [3.63, 3.8) is 0 Å². The van der Waals surface area contributed by atoms with Gasteiger partial charge >= 0.3 is 0 Å². The second kappa shape index (κ2) is 8.05. The zero-order valence-electron chi connectivity index (χ0n) is 13.0. The highest BCUT2D eigenvalue weighted by atomic mass is 19.1. The third-order valence-electron chi connectivity index (χ3n) is 3.19. The minimum absolute atomic E-state index is 0.258. The van der Waals surface area contributed by atoms with E-state index in [4.69, 9.17) is 4.42 Å². The lowest BCUT2D eigenvalue weighted by atomic mass is 10.3. The fourth-order valence-electron chi connectivity index (χ4n) is 1.96. The second-order valence-corrected chi connectivity index (χ2v) is 4.85. The van der Waals surface area contributed by atoms with Crippen LogP contribution in [0.2, 0.25) is 0 Å². The van der Waals surface area contributed by atoms with E-state index >= 15 is 0 Å². The van der Waals surface area contributed by atoms with Crippen molar-refractivity contribution in [3.8, 4) is 0 Å². The standard InChI is InChI=1S/C17H16F2N2O3/c1-2-21(16(23)9-8-12-5-4-10-24-12)11-15(22)20-17-13(18)6-3-7-14(17)19/h3-10H,2,11H2,1H3,(H,20,22)/b9-8+. The van der Waals surface area contributed by atoms with Crippen LogP contribution in [0, 0.1) is 11.6 Å². The van der Waals surface area contributed by atoms with Gasteiger partial charge in [0.25, 0.3) is 0 Å². The molecule has 0 aliphatic heterocycles. The number of hydrogen-bond donors (Lipinski definition) is 1. The van der Waals surface area contributed by atoms with Gasteiger partial charge < -0.3 is 14.6 Å². The number of hydrogen-bond acceptors (Lipinski definition) is 3. The molecule has 1 aromatic heterocycles. The molecular weight excluding hydrogens is 318 g/mol. The van der Waals surface area contributed by atoms with E-state index in [-0.39, 0.29) is 13.1 Å². The first kappa shape index (κ1) is 17.4. The third kappa shape index (κ3) is 4.52. The van der Waals surface area contributed by atoms with Crippen molar-refractivity contribution in [3.05, 3.63) is 60.1 Å². The van der Waals surface area contributed by atoms with E-state index in [1.165, 1.54) is 29.4 Å². The van der Waals surface area contributed by atoms with E-state index in [1.54, 1.807) is 19.1 Å². The topological polar surface area (TPSA) is 62.6 Å². The Bertz CT molecular complexity index is 722. The molecule has 1 N–H and O–H groups in total. The predicted molar refractivity (Wildman–Crippen MR) is 85.0 cm³/mol. The third-order valence-corrected chi connectivity index (χ3v) is 3.19. The molecule has 0 aliphatic carbocycles. The number of halogens is 2. The fraction of sp³-hybridized carbons (Fsp3) is 0.176. The molecule has 0 aliphatic rings. The molecule has 0 radical (unpaired) electrons. The van der Waals surface area contributed by atoms with Crippen LogP contribution >= 0.6 is 0 Å². The molecule has 1 heterocycles. The van der Waals surface area contributed by atoms with Crippen LogP contribution in [0.1, 0.15) is 12.7 Å². The van der Waals surface area contributed by atoms with Crippen LogP contribution in [-0.4, -0.2) is 29.8 Å². The summed E-state index contributed by atoms with van der Waals surface area (Å²) in [6.07, 6.45) is 4.21. The summed E-state index contributed by atoms with van der Waals surface area (Å²) in [5.74, 6) is -2.37. The maximum atomic E-state index is 13.5. The van der Waals surface area contributed by atoms with Crippen LogP contribution in [0.5, 0.6) is 0 Å². The van der Waals surface area contributed by atoms with Gasteiger partial charge in [-0.2, -0.15) is 0 Å². The number of para-hydroxylation sites is 1. The molecule has 0 fully saturated rings. The molecule has 0 saturated carbocycles. The molecule has 0 unspecified atom stereocenters. The molecule has 5 nitrogen and oxygen atoms in total. The first-order valence-corrected chi connectivity index (χ1v) is 7.25.